The second kappa shape index (κ2) is 11.0. The van der Waals surface area contributed by atoms with Crippen LogP contribution in [0, 0.1) is 0 Å². The van der Waals surface area contributed by atoms with E-state index in [9.17, 15) is 14.4 Å². The van der Waals surface area contributed by atoms with E-state index in [1.807, 2.05) is 18.2 Å². The van der Waals surface area contributed by atoms with E-state index < -0.39 is 11.9 Å². The summed E-state index contributed by atoms with van der Waals surface area (Å²) in [5, 5.41) is 0.169. The normalized spacial score (nSPS) is 11.7. The van der Waals surface area contributed by atoms with Crippen LogP contribution >= 0.6 is 0 Å². The number of esters is 1. The summed E-state index contributed by atoms with van der Waals surface area (Å²) in [7, 11) is 0. The van der Waals surface area contributed by atoms with Gasteiger partial charge >= 0.3 is 5.97 Å². The minimum atomic E-state index is -0.716. The molecule has 0 radical (unpaired) electrons. The molecule has 0 spiro atoms. The van der Waals surface area contributed by atoms with E-state index in [-0.39, 0.29) is 53.8 Å². The van der Waals surface area contributed by atoms with E-state index in [0.29, 0.717) is 17.2 Å². The number of aromatic nitrogens is 3. The Bertz CT molecular complexity index is 1740. The molecule has 1 aromatic carbocycles. The molecule has 0 aliphatic carbocycles. The van der Waals surface area contributed by atoms with Crippen molar-refractivity contribution in [2.45, 2.75) is 19.9 Å². The Kier molecular flexibility index (Phi) is 7.12. The van der Waals surface area contributed by atoms with Crippen molar-refractivity contribution in [3.8, 4) is 5.75 Å². The van der Waals surface area contributed by atoms with Gasteiger partial charge in [0.15, 0.2) is 5.49 Å². The predicted octanol–water partition coefficient (Wildman–Crippen LogP) is 3.36. The van der Waals surface area contributed by atoms with Crippen LogP contribution in [0.4, 0.5) is 0 Å². The summed E-state index contributed by atoms with van der Waals surface area (Å²) in [6.45, 7) is 1.93. The molecule has 1 amide bonds. The number of nitrogens with zero attached hydrogens (tertiary/aromatic N) is 4. The number of para-hydroxylation sites is 1. The first-order chi connectivity index (χ1) is 18.5. The summed E-state index contributed by atoms with van der Waals surface area (Å²) in [6.07, 6.45) is 3.07. The lowest BCUT2D eigenvalue weighted by molar-refractivity contribution is -0.118. The Morgan fingerprint density at radius 3 is 2.63 bits per heavy atom. The highest BCUT2D eigenvalue weighted by molar-refractivity contribution is 5.93. The number of amides is 1. The van der Waals surface area contributed by atoms with Gasteiger partial charge in [-0.15, -0.1) is 0 Å². The minimum absolute atomic E-state index is 0.0178. The van der Waals surface area contributed by atoms with Crippen molar-refractivity contribution in [1.82, 2.24) is 14.0 Å². The van der Waals surface area contributed by atoms with E-state index in [1.54, 1.807) is 55.6 Å². The van der Waals surface area contributed by atoms with Crippen LogP contribution < -0.4 is 15.8 Å². The molecule has 0 aliphatic rings. The molecular weight excluding hydrogens is 488 g/mol. The van der Waals surface area contributed by atoms with Gasteiger partial charge in [-0.3, -0.25) is 14.0 Å². The fourth-order valence-electron chi connectivity index (χ4n) is 4.01. The topological polar surface area (TPSA) is 117 Å². The number of carbonyl (C=O) groups excluding carboxylic acids is 2. The summed E-state index contributed by atoms with van der Waals surface area (Å²) < 4.78 is 19.3. The number of ether oxygens (including phenoxy) is 2. The summed E-state index contributed by atoms with van der Waals surface area (Å²) >= 11 is 0. The van der Waals surface area contributed by atoms with Gasteiger partial charge in [0.2, 0.25) is 0 Å². The summed E-state index contributed by atoms with van der Waals surface area (Å²) in [5.41, 5.74) is 0.258. The van der Waals surface area contributed by atoms with Crippen LogP contribution in [0.1, 0.15) is 29.5 Å². The maximum atomic E-state index is 13.4. The number of fused-ring (bicyclic) bond motifs is 2. The third kappa shape index (κ3) is 5.10. The number of carbonyl (C=O) groups is 2. The van der Waals surface area contributed by atoms with Crippen molar-refractivity contribution in [2.75, 3.05) is 13.2 Å². The third-order valence-electron chi connectivity index (χ3n) is 5.74. The molecule has 192 valence electrons. The Morgan fingerprint density at radius 2 is 1.87 bits per heavy atom. The van der Waals surface area contributed by atoms with Gasteiger partial charge in [0.05, 0.1) is 37.8 Å². The first-order valence-corrected chi connectivity index (χ1v) is 12.0. The SMILES string of the molecule is CCOC(=O)c1cc2c(=O)n3ccccc3nc2n(Cc2ccco2)c1=NC(=O)CCOc1ccccc1. The molecule has 5 rings (SSSR count). The monoisotopic (exact) mass is 512 g/mol. The molecular formula is C28H24N4O6. The van der Waals surface area contributed by atoms with Crippen LogP contribution in [0.2, 0.25) is 0 Å². The number of hydrogen-bond acceptors (Lipinski definition) is 7. The van der Waals surface area contributed by atoms with Gasteiger partial charge < -0.3 is 18.5 Å². The zero-order valence-electron chi connectivity index (χ0n) is 20.6. The summed E-state index contributed by atoms with van der Waals surface area (Å²) in [5.74, 6) is -0.0879. The smallest absolute Gasteiger partial charge is 0.341 e. The van der Waals surface area contributed by atoms with E-state index in [0.717, 1.165) is 0 Å². The number of benzene rings is 1. The van der Waals surface area contributed by atoms with Crippen LogP contribution in [0.3, 0.4) is 0 Å². The van der Waals surface area contributed by atoms with Crippen molar-refractivity contribution in [3.63, 3.8) is 0 Å². The Balaban J connectivity index is 1.68. The second-order valence-electron chi connectivity index (χ2n) is 8.27. The minimum Gasteiger partial charge on any atom is -0.493 e. The second-order valence-corrected chi connectivity index (χ2v) is 8.27. The van der Waals surface area contributed by atoms with Gasteiger partial charge in [0.25, 0.3) is 11.5 Å². The molecule has 4 aromatic heterocycles. The lowest BCUT2D eigenvalue weighted by atomic mass is 10.2. The first kappa shape index (κ1) is 24.7. The van der Waals surface area contributed by atoms with Crippen LogP contribution in [0.5, 0.6) is 5.75 Å². The summed E-state index contributed by atoms with van der Waals surface area (Å²) in [4.78, 5) is 48.4. The molecule has 0 saturated heterocycles. The first-order valence-electron chi connectivity index (χ1n) is 12.0. The van der Waals surface area contributed by atoms with Gasteiger partial charge in [0, 0.05) is 6.20 Å². The van der Waals surface area contributed by atoms with Crippen LogP contribution in [-0.2, 0) is 16.1 Å². The standard InChI is InChI=1S/C28H24N4O6/c1-2-36-28(35)22-17-21-25(29-23-12-6-7-14-31(23)27(21)34)32(18-20-11-8-15-37-20)26(22)30-24(33)13-16-38-19-9-4-3-5-10-19/h3-12,14-15,17H,2,13,16,18H2,1H3. The van der Waals surface area contributed by atoms with Crippen LogP contribution in [0.25, 0.3) is 16.7 Å². The highest BCUT2D eigenvalue weighted by atomic mass is 16.5. The number of hydrogen-bond donors (Lipinski definition) is 0. The van der Waals surface area contributed by atoms with Gasteiger partial charge in [-0.25, -0.2) is 9.78 Å². The zero-order chi connectivity index (χ0) is 26.5. The molecule has 10 heteroatoms. The molecule has 5 aromatic rings. The molecule has 0 atom stereocenters. The van der Waals surface area contributed by atoms with Gasteiger partial charge in [-0.1, -0.05) is 24.3 Å². The molecule has 0 aliphatic heterocycles. The van der Waals surface area contributed by atoms with Crippen molar-refractivity contribution in [3.05, 3.63) is 106 Å². The maximum absolute atomic E-state index is 13.4. The largest absolute Gasteiger partial charge is 0.493 e. The third-order valence-corrected chi connectivity index (χ3v) is 5.74. The molecule has 38 heavy (non-hydrogen) atoms. The molecule has 0 bridgehead atoms. The quantitative estimate of drug-likeness (QED) is 0.231. The Hall–Kier alpha value is -4.99. The average Bonchev–Trinajstić information content (AvgIpc) is 3.44. The molecule has 0 saturated carbocycles. The fraction of sp³-hybridized carbons (Fsp3) is 0.179. The van der Waals surface area contributed by atoms with Gasteiger partial charge in [0.1, 0.15) is 28.4 Å². The Labute approximate surface area is 216 Å². The molecule has 0 N–H and O–H groups in total. The van der Waals surface area contributed by atoms with Crippen molar-refractivity contribution in [1.29, 1.82) is 0 Å². The number of furan rings is 1. The number of rotatable bonds is 8. The number of pyridine rings is 2. The fourth-order valence-corrected chi connectivity index (χ4v) is 4.01. The van der Waals surface area contributed by atoms with Crippen LogP contribution in [0.15, 0.2) is 93.4 Å². The van der Waals surface area contributed by atoms with E-state index in [1.165, 1.54) is 21.3 Å². The van der Waals surface area contributed by atoms with Gasteiger partial charge in [-0.05, 0) is 49.4 Å². The zero-order valence-corrected chi connectivity index (χ0v) is 20.6. The highest BCUT2D eigenvalue weighted by Crippen LogP contribution is 2.14. The van der Waals surface area contributed by atoms with E-state index in [2.05, 4.69) is 9.98 Å². The highest BCUT2D eigenvalue weighted by Gasteiger charge is 2.20. The Morgan fingerprint density at radius 1 is 1.05 bits per heavy atom. The predicted molar refractivity (Wildman–Crippen MR) is 138 cm³/mol. The van der Waals surface area contributed by atoms with E-state index >= 15 is 0 Å². The van der Waals surface area contributed by atoms with Crippen molar-refractivity contribution < 1.29 is 23.5 Å². The van der Waals surface area contributed by atoms with E-state index in [4.69, 9.17) is 13.9 Å². The lowest BCUT2D eigenvalue weighted by Crippen LogP contribution is -2.33. The van der Waals surface area contributed by atoms with Crippen molar-refractivity contribution in [2.24, 2.45) is 4.99 Å². The van der Waals surface area contributed by atoms with Crippen LogP contribution in [-0.4, -0.2) is 39.0 Å². The lowest BCUT2D eigenvalue weighted by Gasteiger charge is -2.14. The molecule has 4 heterocycles. The van der Waals surface area contributed by atoms with Gasteiger partial charge in [-0.2, -0.15) is 4.99 Å². The molecule has 0 unspecified atom stereocenters. The average molecular weight is 513 g/mol. The molecule has 0 fully saturated rings. The molecule has 10 nitrogen and oxygen atoms in total. The maximum Gasteiger partial charge on any atom is 0.341 e. The summed E-state index contributed by atoms with van der Waals surface area (Å²) in [6, 6.07) is 19.1. The van der Waals surface area contributed by atoms with Crippen molar-refractivity contribution >= 4 is 28.6 Å².